The molecule has 0 radical (unpaired) electrons. The highest BCUT2D eigenvalue weighted by molar-refractivity contribution is 7.19. The summed E-state index contributed by atoms with van der Waals surface area (Å²) in [7, 11) is 1.64. The third kappa shape index (κ3) is 4.35. The van der Waals surface area contributed by atoms with Crippen LogP contribution < -0.4 is 10.1 Å². The van der Waals surface area contributed by atoms with Crippen molar-refractivity contribution in [3.63, 3.8) is 0 Å². The third-order valence-electron chi connectivity index (χ3n) is 7.72. The molecule has 5 rings (SSSR count). The lowest BCUT2D eigenvalue weighted by Gasteiger charge is -2.44. The Hall–Kier alpha value is -2.80. The van der Waals surface area contributed by atoms with Gasteiger partial charge in [0.1, 0.15) is 17.0 Å². The molecule has 0 spiro atoms. The van der Waals surface area contributed by atoms with Gasteiger partial charge in [-0.15, -0.1) is 11.3 Å². The lowest BCUT2D eigenvalue weighted by Crippen LogP contribution is -2.64. The minimum atomic E-state index is -1.02. The Bertz CT molecular complexity index is 1240. The summed E-state index contributed by atoms with van der Waals surface area (Å²) in [6.07, 6.45) is 7.71. The maximum atomic E-state index is 14.0. The normalized spacial score (nSPS) is 21.1. The van der Waals surface area contributed by atoms with Gasteiger partial charge in [-0.25, -0.2) is 0 Å². The SMILES string of the molecule is CCc1cc2c(cc3n2CC(C)(C(=O)NC2CCCCCC2)N(Cc2ccccc2OC)C3=O)s1. The van der Waals surface area contributed by atoms with Crippen LogP contribution in [0.25, 0.3) is 10.2 Å². The van der Waals surface area contributed by atoms with Crippen LogP contribution in [0.4, 0.5) is 0 Å². The molecule has 6 nitrogen and oxygen atoms in total. The van der Waals surface area contributed by atoms with E-state index in [-0.39, 0.29) is 17.9 Å². The fourth-order valence-electron chi connectivity index (χ4n) is 5.58. The summed E-state index contributed by atoms with van der Waals surface area (Å²) >= 11 is 1.73. The highest BCUT2D eigenvalue weighted by atomic mass is 32.1. The second kappa shape index (κ2) is 9.69. The fourth-order valence-corrected chi connectivity index (χ4v) is 6.62. The molecule has 1 fully saturated rings. The summed E-state index contributed by atoms with van der Waals surface area (Å²) in [5.74, 6) is 0.551. The number of aryl methyl sites for hydroxylation is 1. The molecule has 7 heteroatoms. The molecule has 1 aliphatic carbocycles. The number of thiophene rings is 1. The highest BCUT2D eigenvalue weighted by Gasteiger charge is 2.48. The van der Waals surface area contributed by atoms with Crippen LogP contribution in [-0.2, 0) is 24.3 Å². The van der Waals surface area contributed by atoms with Crippen molar-refractivity contribution in [3.8, 4) is 5.75 Å². The summed E-state index contributed by atoms with van der Waals surface area (Å²) < 4.78 is 8.75. The minimum Gasteiger partial charge on any atom is -0.496 e. The lowest BCUT2D eigenvalue weighted by atomic mass is 9.92. The Morgan fingerprint density at radius 2 is 1.91 bits per heavy atom. The molecule has 1 aromatic carbocycles. The van der Waals surface area contributed by atoms with Gasteiger partial charge in [-0.05, 0) is 44.4 Å². The number of para-hydroxylation sites is 1. The second-order valence-electron chi connectivity index (χ2n) is 10.1. The topological polar surface area (TPSA) is 63.6 Å². The zero-order valence-corrected chi connectivity index (χ0v) is 21.7. The van der Waals surface area contributed by atoms with Crippen LogP contribution in [0.5, 0.6) is 5.75 Å². The Morgan fingerprint density at radius 1 is 1.17 bits per heavy atom. The van der Waals surface area contributed by atoms with Crippen LogP contribution in [0.3, 0.4) is 0 Å². The van der Waals surface area contributed by atoms with Crippen LogP contribution in [0.2, 0.25) is 0 Å². The van der Waals surface area contributed by atoms with Gasteiger partial charge in [0.15, 0.2) is 0 Å². The minimum absolute atomic E-state index is 0.0638. The average Bonchev–Trinajstić information content (AvgIpc) is 3.30. The smallest absolute Gasteiger partial charge is 0.271 e. The molecule has 1 N–H and O–H groups in total. The van der Waals surface area contributed by atoms with Gasteiger partial charge in [0.2, 0.25) is 5.91 Å². The number of nitrogens with one attached hydrogen (secondary N) is 1. The molecule has 2 aromatic heterocycles. The molecule has 0 bridgehead atoms. The number of benzene rings is 1. The third-order valence-corrected chi connectivity index (χ3v) is 8.93. The maximum absolute atomic E-state index is 14.0. The van der Waals surface area contributed by atoms with E-state index in [1.807, 2.05) is 37.3 Å². The van der Waals surface area contributed by atoms with E-state index >= 15 is 0 Å². The quantitative estimate of drug-likeness (QED) is 0.460. The van der Waals surface area contributed by atoms with Gasteiger partial charge in [-0.3, -0.25) is 9.59 Å². The number of ether oxygens (including phenoxy) is 1. The number of methoxy groups -OCH3 is 1. The van der Waals surface area contributed by atoms with Crippen molar-refractivity contribution in [1.29, 1.82) is 0 Å². The molecular formula is C28H35N3O3S. The molecule has 2 amide bonds. The first-order valence-electron chi connectivity index (χ1n) is 12.8. The number of rotatable bonds is 6. The van der Waals surface area contributed by atoms with Crippen LogP contribution in [0.15, 0.2) is 36.4 Å². The van der Waals surface area contributed by atoms with Gasteiger partial charge in [0.25, 0.3) is 5.91 Å². The molecule has 1 aliphatic heterocycles. The Kier molecular flexibility index (Phi) is 6.62. The van der Waals surface area contributed by atoms with Gasteiger partial charge in [-0.2, -0.15) is 0 Å². The summed E-state index contributed by atoms with van der Waals surface area (Å²) in [5, 5.41) is 3.35. The molecule has 1 saturated carbocycles. The van der Waals surface area contributed by atoms with Crippen molar-refractivity contribution in [2.24, 2.45) is 0 Å². The van der Waals surface area contributed by atoms with Gasteiger partial charge in [0.05, 0.1) is 30.4 Å². The summed E-state index contributed by atoms with van der Waals surface area (Å²) in [4.78, 5) is 31.0. The predicted octanol–water partition coefficient (Wildman–Crippen LogP) is 5.53. The van der Waals surface area contributed by atoms with E-state index in [0.717, 1.165) is 53.6 Å². The Morgan fingerprint density at radius 3 is 2.63 bits per heavy atom. The predicted molar refractivity (Wildman–Crippen MR) is 140 cm³/mol. The van der Waals surface area contributed by atoms with Crippen LogP contribution in [0, 0.1) is 0 Å². The molecule has 186 valence electrons. The van der Waals surface area contributed by atoms with Gasteiger partial charge in [0, 0.05) is 16.5 Å². The number of nitrogens with zero attached hydrogens (tertiary/aromatic N) is 2. The van der Waals surface area contributed by atoms with Crippen molar-refractivity contribution in [2.75, 3.05) is 7.11 Å². The number of carbonyl (C=O) groups is 2. The molecule has 2 aliphatic rings. The standard InChI is InChI=1S/C28H35N3O3S/c1-4-21-15-22-25(35-21)16-23-26(32)31(17-19-11-9-10-14-24(19)34-3)28(2,18-30(22)23)27(33)29-20-12-7-5-6-8-13-20/h9-11,14-16,20H,4-8,12-13,17-18H2,1-3H3,(H,29,33). The molecule has 35 heavy (non-hydrogen) atoms. The Labute approximate surface area is 211 Å². The summed E-state index contributed by atoms with van der Waals surface area (Å²) in [5.41, 5.74) is 1.59. The molecular weight excluding hydrogens is 458 g/mol. The summed E-state index contributed by atoms with van der Waals surface area (Å²) in [6.45, 7) is 4.82. The molecule has 1 atom stereocenters. The van der Waals surface area contributed by atoms with Crippen molar-refractivity contribution in [2.45, 2.75) is 83.5 Å². The average molecular weight is 494 g/mol. The number of carbonyl (C=O) groups excluding carboxylic acids is 2. The zero-order valence-electron chi connectivity index (χ0n) is 20.9. The van der Waals surface area contributed by atoms with Crippen LogP contribution >= 0.6 is 11.3 Å². The van der Waals surface area contributed by atoms with E-state index in [4.69, 9.17) is 4.74 Å². The zero-order chi connectivity index (χ0) is 24.6. The molecule has 3 heterocycles. The number of hydrogen-bond donors (Lipinski definition) is 1. The molecule has 1 unspecified atom stereocenters. The fraction of sp³-hybridized carbons (Fsp3) is 0.500. The first-order chi connectivity index (χ1) is 16.9. The van der Waals surface area contributed by atoms with E-state index in [1.165, 1.54) is 17.7 Å². The van der Waals surface area contributed by atoms with E-state index < -0.39 is 5.54 Å². The van der Waals surface area contributed by atoms with E-state index in [2.05, 4.69) is 22.9 Å². The van der Waals surface area contributed by atoms with E-state index in [1.54, 1.807) is 23.3 Å². The van der Waals surface area contributed by atoms with Crippen LogP contribution in [-0.4, -0.2) is 40.0 Å². The summed E-state index contributed by atoms with van der Waals surface area (Å²) in [6, 6.07) is 12.1. The first-order valence-corrected chi connectivity index (χ1v) is 13.6. The number of hydrogen-bond acceptors (Lipinski definition) is 4. The highest BCUT2D eigenvalue weighted by Crippen LogP contribution is 2.37. The van der Waals surface area contributed by atoms with Gasteiger partial charge in [-0.1, -0.05) is 50.8 Å². The van der Waals surface area contributed by atoms with Gasteiger partial charge < -0.3 is 19.5 Å². The Balaban J connectivity index is 1.55. The van der Waals surface area contributed by atoms with Crippen LogP contribution in [0.1, 0.15) is 73.3 Å². The molecule has 3 aromatic rings. The largest absolute Gasteiger partial charge is 0.496 e. The van der Waals surface area contributed by atoms with E-state index in [9.17, 15) is 9.59 Å². The van der Waals surface area contributed by atoms with Crippen molar-refractivity contribution in [1.82, 2.24) is 14.8 Å². The van der Waals surface area contributed by atoms with Gasteiger partial charge >= 0.3 is 0 Å². The van der Waals surface area contributed by atoms with Crippen molar-refractivity contribution >= 4 is 33.4 Å². The second-order valence-corrected chi connectivity index (χ2v) is 11.2. The number of amides is 2. The van der Waals surface area contributed by atoms with E-state index in [0.29, 0.717) is 18.8 Å². The monoisotopic (exact) mass is 493 g/mol. The molecule has 0 saturated heterocycles. The lowest BCUT2D eigenvalue weighted by molar-refractivity contribution is -0.134. The number of fused-ring (bicyclic) bond motifs is 3. The first kappa shape index (κ1) is 23.9. The van der Waals surface area contributed by atoms with Crippen molar-refractivity contribution < 1.29 is 14.3 Å². The maximum Gasteiger partial charge on any atom is 0.271 e. The number of aromatic nitrogens is 1. The van der Waals surface area contributed by atoms with Crippen molar-refractivity contribution in [3.05, 3.63) is 52.5 Å².